The van der Waals surface area contributed by atoms with Crippen LogP contribution in [0.1, 0.15) is 12.8 Å². The van der Waals surface area contributed by atoms with Gasteiger partial charge in [-0.25, -0.2) is 4.98 Å². The maximum absolute atomic E-state index is 9.27. The van der Waals surface area contributed by atoms with Gasteiger partial charge >= 0.3 is 0 Å². The van der Waals surface area contributed by atoms with Crippen LogP contribution in [0.5, 0.6) is 0 Å². The van der Waals surface area contributed by atoms with Crippen LogP contribution >= 0.6 is 0 Å². The Morgan fingerprint density at radius 2 is 2.14 bits per heavy atom. The molecule has 2 N–H and O–H groups in total. The highest BCUT2D eigenvalue weighted by molar-refractivity contribution is 5.42. The maximum atomic E-state index is 9.27. The summed E-state index contributed by atoms with van der Waals surface area (Å²) in [7, 11) is 0. The average molecular weight is 308 g/mol. The lowest BCUT2D eigenvalue weighted by molar-refractivity contribution is 0.122. The topological polar surface area (TPSA) is 79.7 Å². The quantitative estimate of drug-likeness (QED) is 0.793. The number of rotatable bonds is 6. The standard InChI is InChI=1S/C15H24N4O3/c20-7-2-15(3-8-22-12-15)11-17-14-16-4-1-13(18-14)19-5-9-21-10-6-19/h1,4,20H,2-3,5-12H2,(H,16,17,18)/t15-/m0/s1. The van der Waals surface area contributed by atoms with Gasteiger partial charge in [0.2, 0.25) is 5.95 Å². The summed E-state index contributed by atoms with van der Waals surface area (Å²) in [4.78, 5) is 11.1. The summed E-state index contributed by atoms with van der Waals surface area (Å²) < 4.78 is 10.9. The number of aromatic nitrogens is 2. The van der Waals surface area contributed by atoms with E-state index in [9.17, 15) is 5.11 Å². The molecule has 0 saturated carbocycles. The molecule has 2 saturated heterocycles. The molecule has 3 heterocycles. The highest BCUT2D eigenvalue weighted by atomic mass is 16.5. The number of morpholine rings is 1. The van der Waals surface area contributed by atoms with E-state index >= 15 is 0 Å². The number of aliphatic hydroxyl groups excluding tert-OH is 1. The van der Waals surface area contributed by atoms with Crippen molar-refractivity contribution in [1.82, 2.24) is 9.97 Å². The van der Waals surface area contributed by atoms with Crippen LogP contribution < -0.4 is 10.2 Å². The second-order valence-corrected chi connectivity index (χ2v) is 5.97. The van der Waals surface area contributed by atoms with E-state index in [-0.39, 0.29) is 12.0 Å². The van der Waals surface area contributed by atoms with Crippen LogP contribution in [0, 0.1) is 5.41 Å². The van der Waals surface area contributed by atoms with Crippen molar-refractivity contribution in [2.75, 3.05) is 62.9 Å². The number of nitrogens with zero attached hydrogens (tertiary/aromatic N) is 3. The molecular formula is C15H24N4O3. The van der Waals surface area contributed by atoms with Crippen molar-refractivity contribution in [3.05, 3.63) is 12.3 Å². The molecule has 0 amide bonds. The van der Waals surface area contributed by atoms with Crippen LogP contribution in [0.3, 0.4) is 0 Å². The summed E-state index contributed by atoms with van der Waals surface area (Å²) in [6.45, 7) is 5.55. The smallest absolute Gasteiger partial charge is 0.224 e. The average Bonchev–Trinajstić information content (AvgIpc) is 3.03. The minimum atomic E-state index is -0.00687. The van der Waals surface area contributed by atoms with Gasteiger partial charge in [0, 0.05) is 44.5 Å². The third-order valence-corrected chi connectivity index (χ3v) is 4.42. The lowest BCUT2D eigenvalue weighted by atomic mass is 9.84. The molecule has 2 fully saturated rings. The largest absolute Gasteiger partial charge is 0.396 e. The zero-order valence-corrected chi connectivity index (χ0v) is 12.8. The molecule has 2 aliphatic rings. The molecule has 2 aliphatic heterocycles. The molecule has 0 unspecified atom stereocenters. The van der Waals surface area contributed by atoms with Crippen molar-refractivity contribution in [2.24, 2.45) is 5.41 Å². The Morgan fingerprint density at radius 3 is 2.86 bits per heavy atom. The third kappa shape index (κ3) is 3.66. The first-order valence-electron chi connectivity index (χ1n) is 7.90. The summed E-state index contributed by atoms with van der Waals surface area (Å²) in [6, 6.07) is 1.93. The van der Waals surface area contributed by atoms with Gasteiger partial charge in [-0.3, -0.25) is 0 Å². The Morgan fingerprint density at radius 1 is 1.27 bits per heavy atom. The third-order valence-electron chi connectivity index (χ3n) is 4.42. The van der Waals surface area contributed by atoms with E-state index in [0.29, 0.717) is 12.6 Å². The molecule has 0 spiro atoms. The van der Waals surface area contributed by atoms with Crippen molar-refractivity contribution in [1.29, 1.82) is 0 Å². The Kier molecular flexibility index (Phi) is 5.07. The molecule has 0 aromatic carbocycles. The predicted molar refractivity (Wildman–Crippen MR) is 83.1 cm³/mol. The van der Waals surface area contributed by atoms with Crippen LogP contribution in [-0.4, -0.2) is 67.7 Å². The van der Waals surface area contributed by atoms with E-state index in [2.05, 4.69) is 20.2 Å². The summed E-state index contributed by atoms with van der Waals surface area (Å²) >= 11 is 0. The van der Waals surface area contributed by atoms with Gasteiger partial charge in [0.1, 0.15) is 5.82 Å². The molecular weight excluding hydrogens is 284 g/mol. The molecule has 0 bridgehead atoms. The van der Waals surface area contributed by atoms with Crippen LogP contribution in [0.2, 0.25) is 0 Å². The molecule has 7 heteroatoms. The van der Waals surface area contributed by atoms with Gasteiger partial charge < -0.3 is 24.8 Å². The summed E-state index contributed by atoms with van der Waals surface area (Å²) in [5.74, 6) is 1.56. The molecule has 122 valence electrons. The molecule has 1 aromatic heterocycles. The van der Waals surface area contributed by atoms with Crippen LogP contribution in [-0.2, 0) is 9.47 Å². The molecule has 1 atom stereocenters. The minimum absolute atomic E-state index is 0.00687. The van der Waals surface area contributed by atoms with Crippen molar-refractivity contribution in [2.45, 2.75) is 12.8 Å². The van der Waals surface area contributed by atoms with E-state index in [4.69, 9.17) is 9.47 Å². The maximum Gasteiger partial charge on any atom is 0.224 e. The van der Waals surface area contributed by atoms with Crippen molar-refractivity contribution in [3.8, 4) is 0 Å². The van der Waals surface area contributed by atoms with Gasteiger partial charge in [0.25, 0.3) is 0 Å². The lowest BCUT2D eigenvalue weighted by Crippen LogP contribution is -2.37. The number of aliphatic hydroxyl groups is 1. The van der Waals surface area contributed by atoms with Crippen LogP contribution in [0.4, 0.5) is 11.8 Å². The number of ether oxygens (including phenoxy) is 2. The van der Waals surface area contributed by atoms with Crippen molar-refractivity contribution in [3.63, 3.8) is 0 Å². The highest BCUT2D eigenvalue weighted by Gasteiger charge is 2.34. The predicted octanol–water partition coefficient (Wildman–Crippen LogP) is 0.514. The van der Waals surface area contributed by atoms with Crippen LogP contribution in [0.15, 0.2) is 12.3 Å². The fraction of sp³-hybridized carbons (Fsp3) is 0.733. The number of anilines is 2. The van der Waals surface area contributed by atoms with Gasteiger partial charge in [-0.15, -0.1) is 0 Å². The summed E-state index contributed by atoms with van der Waals surface area (Å²) in [5, 5.41) is 12.6. The number of hydrogen-bond acceptors (Lipinski definition) is 7. The Bertz CT molecular complexity index is 474. The van der Waals surface area contributed by atoms with E-state index in [1.54, 1.807) is 6.20 Å². The van der Waals surface area contributed by atoms with Gasteiger partial charge in [0.05, 0.1) is 19.8 Å². The monoisotopic (exact) mass is 308 g/mol. The van der Waals surface area contributed by atoms with Gasteiger partial charge in [0.15, 0.2) is 0 Å². The molecule has 0 radical (unpaired) electrons. The first-order chi connectivity index (χ1) is 10.8. The molecule has 22 heavy (non-hydrogen) atoms. The van der Waals surface area contributed by atoms with Gasteiger partial charge in [-0.2, -0.15) is 4.98 Å². The Labute approximate surface area is 130 Å². The van der Waals surface area contributed by atoms with E-state index in [1.165, 1.54) is 0 Å². The van der Waals surface area contributed by atoms with E-state index in [1.807, 2.05) is 6.07 Å². The van der Waals surface area contributed by atoms with Crippen molar-refractivity contribution < 1.29 is 14.6 Å². The SMILES string of the molecule is OCC[C@@]1(CNc2nccc(N3CCOCC3)n2)CCOC1. The van der Waals surface area contributed by atoms with E-state index < -0.39 is 0 Å². The first-order valence-corrected chi connectivity index (χ1v) is 7.90. The molecule has 7 nitrogen and oxygen atoms in total. The molecule has 1 aromatic rings. The summed E-state index contributed by atoms with van der Waals surface area (Å²) in [6.07, 6.45) is 3.48. The van der Waals surface area contributed by atoms with Gasteiger partial charge in [-0.05, 0) is 18.9 Å². The van der Waals surface area contributed by atoms with Crippen molar-refractivity contribution >= 4 is 11.8 Å². The Balaban J connectivity index is 1.62. The van der Waals surface area contributed by atoms with Gasteiger partial charge in [-0.1, -0.05) is 0 Å². The minimum Gasteiger partial charge on any atom is -0.396 e. The first kappa shape index (κ1) is 15.5. The lowest BCUT2D eigenvalue weighted by Gasteiger charge is -2.29. The zero-order chi connectivity index (χ0) is 15.3. The molecule has 3 rings (SSSR count). The Hall–Kier alpha value is -1.44. The second-order valence-electron chi connectivity index (χ2n) is 5.97. The fourth-order valence-electron chi connectivity index (χ4n) is 2.98. The zero-order valence-electron chi connectivity index (χ0n) is 12.8. The second kappa shape index (κ2) is 7.21. The normalized spacial score (nSPS) is 25.4. The number of hydrogen-bond donors (Lipinski definition) is 2. The fourth-order valence-corrected chi connectivity index (χ4v) is 2.98. The number of nitrogens with one attached hydrogen (secondary N) is 1. The van der Waals surface area contributed by atoms with E-state index in [0.717, 1.165) is 58.1 Å². The summed E-state index contributed by atoms with van der Waals surface area (Å²) in [5.41, 5.74) is -0.00687. The van der Waals surface area contributed by atoms with Crippen LogP contribution in [0.25, 0.3) is 0 Å². The highest BCUT2D eigenvalue weighted by Crippen LogP contribution is 2.32. The molecule has 0 aliphatic carbocycles.